The summed E-state index contributed by atoms with van der Waals surface area (Å²) in [4.78, 5) is 4.70. The lowest BCUT2D eigenvalue weighted by Crippen LogP contribution is -2.04. The third kappa shape index (κ3) is 3.11. The number of hydrogen-bond acceptors (Lipinski definition) is 4. The van der Waals surface area contributed by atoms with Crippen molar-refractivity contribution < 1.29 is 4.52 Å². The van der Waals surface area contributed by atoms with Crippen molar-refractivity contribution >= 4 is 5.82 Å². The molecule has 0 unspecified atom stereocenters. The van der Waals surface area contributed by atoms with Crippen LogP contribution >= 0.6 is 0 Å². The average molecular weight is 305 g/mol. The summed E-state index contributed by atoms with van der Waals surface area (Å²) >= 11 is 0. The quantitative estimate of drug-likeness (QED) is 0.780. The summed E-state index contributed by atoms with van der Waals surface area (Å²) in [6, 6.07) is 14.6. The molecule has 1 aliphatic carbocycles. The van der Waals surface area contributed by atoms with Gasteiger partial charge in [-0.2, -0.15) is 0 Å². The van der Waals surface area contributed by atoms with Crippen LogP contribution in [0.2, 0.25) is 0 Å². The second kappa shape index (κ2) is 6.24. The number of aryl methyl sites for hydroxylation is 2. The molecule has 0 aliphatic heterocycles. The van der Waals surface area contributed by atoms with E-state index in [0.29, 0.717) is 6.54 Å². The SMILES string of the molecule is c1ccc(Cc2nocc2CNc2ccc3c(n2)CCC3)cc1. The molecule has 4 rings (SSSR count). The van der Waals surface area contributed by atoms with E-state index in [4.69, 9.17) is 9.51 Å². The van der Waals surface area contributed by atoms with Crippen molar-refractivity contribution in [2.24, 2.45) is 0 Å². The standard InChI is InChI=1S/C19H19N3O/c1-2-5-14(6-3-1)11-18-16(13-23-22-18)12-20-19-10-9-15-7-4-8-17(15)21-19/h1-3,5-6,9-10,13H,4,7-8,11-12H2,(H,20,21). The predicted molar refractivity (Wildman–Crippen MR) is 89.3 cm³/mol. The van der Waals surface area contributed by atoms with Gasteiger partial charge in [-0.1, -0.05) is 41.6 Å². The Morgan fingerprint density at radius 1 is 1.04 bits per heavy atom. The van der Waals surface area contributed by atoms with E-state index >= 15 is 0 Å². The molecule has 2 heterocycles. The van der Waals surface area contributed by atoms with Crippen molar-refractivity contribution in [1.29, 1.82) is 0 Å². The highest BCUT2D eigenvalue weighted by molar-refractivity contribution is 5.41. The zero-order chi connectivity index (χ0) is 15.5. The summed E-state index contributed by atoms with van der Waals surface area (Å²) in [7, 11) is 0. The molecule has 0 bridgehead atoms. The maximum Gasteiger partial charge on any atom is 0.129 e. The van der Waals surface area contributed by atoms with Crippen molar-refractivity contribution in [3.05, 3.63) is 76.8 Å². The maximum atomic E-state index is 5.17. The first kappa shape index (κ1) is 14.0. The van der Waals surface area contributed by atoms with E-state index in [0.717, 1.165) is 36.3 Å². The monoisotopic (exact) mass is 305 g/mol. The van der Waals surface area contributed by atoms with Gasteiger partial charge in [0, 0.05) is 24.2 Å². The van der Waals surface area contributed by atoms with Crippen LogP contribution in [-0.2, 0) is 25.8 Å². The van der Waals surface area contributed by atoms with Crippen molar-refractivity contribution in [3.63, 3.8) is 0 Å². The maximum absolute atomic E-state index is 5.17. The molecule has 3 aromatic rings. The largest absolute Gasteiger partial charge is 0.366 e. The lowest BCUT2D eigenvalue weighted by Gasteiger charge is -2.07. The highest BCUT2D eigenvalue weighted by Gasteiger charge is 2.13. The van der Waals surface area contributed by atoms with E-state index in [1.165, 1.54) is 23.2 Å². The van der Waals surface area contributed by atoms with Gasteiger partial charge in [0.25, 0.3) is 0 Å². The van der Waals surface area contributed by atoms with Gasteiger partial charge in [0.05, 0.1) is 5.69 Å². The van der Waals surface area contributed by atoms with Gasteiger partial charge < -0.3 is 9.84 Å². The third-order valence-electron chi connectivity index (χ3n) is 4.33. The van der Waals surface area contributed by atoms with Crippen molar-refractivity contribution in [3.8, 4) is 0 Å². The molecule has 23 heavy (non-hydrogen) atoms. The summed E-state index contributed by atoms with van der Waals surface area (Å²) in [5.41, 5.74) is 5.93. The Morgan fingerprint density at radius 2 is 1.96 bits per heavy atom. The van der Waals surface area contributed by atoms with Crippen molar-refractivity contribution in [2.45, 2.75) is 32.2 Å². The molecular formula is C19H19N3O. The van der Waals surface area contributed by atoms with Gasteiger partial charge in [-0.25, -0.2) is 4.98 Å². The molecule has 0 spiro atoms. The van der Waals surface area contributed by atoms with Gasteiger partial charge in [-0.15, -0.1) is 0 Å². The van der Waals surface area contributed by atoms with Crippen LogP contribution in [0.15, 0.2) is 53.3 Å². The van der Waals surface area contributed by atoms with Gasteiger partial charge in [0.1, 0.15) is 12.1 Å². The zero-order valence-electron chi connectivity index (χ0n) is 13.0. The van der Waals surface area contributed by atoms with Gasteiger partial charge in [-0.3, -0.25) is 0 Å². The molecule has 1 N–H and O–H groups in total. The van der Waals surface area contributed by atoms with Gasteiger partial charge in [-0.05, 0) is 36.5 Å². The van der Waals surface area contributed by atoms with Gasteiger partial charge in [0.15, 0.2) is 0 Å². The van der Waals surface area contributed by atoms with Crippen LogP contribution in [0.4, 0.5) is 5.82 Å². The van der Waals surface area contributed by atoms with Crippen LogP contribution in [0, 0.1) is 0 Å². The summed E-state index contributed by atoms with van der Waals surface area (Å²) in [6.45, 7) is 0.678. The fraction of sp³-hybridized carbons (Fsp3) is 0.263. The van der Waals surface area contributed by atoms with Gasteiger partial charge >= 0.3 is 0 Å². The molecule has 0 saturated carbocycles. The molecule has 2 aromatic heterocycles. The Kier molecular flexibility index (Phi) is 3.80. The zero-order valence-corrected chi connectivity index (χ0v) is 13.0. The molecule has 4 heteroatoms. The van der Waals surface area contributed by atoms with E-state index in [-0.39, 0.29) is 0 Å². The molecule has 4 nitrogen and oxygen atoms in total. The van der Waals surface area contributed by atoms with Crippen LogP contribution in [-0.4, -0.2) is 10.1 Å². The smallest absolute Gasteiger partial charge is 0.129 e. The summed E-state index contributed by atoms with van der Waals surface area (Å²) in [5.74, 6) is 0.928. The number of anilines is 1. The second-order valence-electron chi connectivity index (χ2n) is 5.96. The molecule has 1 aromatic carbocycles. The van der Waals surface area contributed by atoms with Crippen molar-refractivity contribution in [2.75, 3.05) is 5.32 Å². The highest BCUT2D eigenvalue weighted by atomic mass is 16.5. The summed E-state index contributed by atoms with van der Waals surface area (Å²) in [5, 5.41) is 7.54. The predicted octanol–water partition coefficient (Wildman–Crippen LogP) is 3.76. The van der Waals surface area contributed by atoms with Crippen molar-refractivity contribution in [1.82, 2.24) is 10.1 Å². The topological polar surface area (TPSA) is 51.0 Å². The van der Waals surface area contributed by atoms with Crippen LogP contribution in [0.25, 0.3) is 0 Å². The Morgan fingerprint density at radius 3 is 2.87 bits per heavy atom. The Bertz CT molecular complexity index is 795. The van der Waals surface area contributed by atoms with Gasteiger partial charge in [0.2, 0.25) is 0 Å². The Hall–Kier alpha value is -2.62. The fourth-order valence-corrected chi connectivity index (χ4v) is 3.06. The fourth-order valence-electron chi connectivity index (χ4n) is 3.06. The normalized spacial score (nSPS) is 13.0. The number of nitrogens with one attached hydrogen (secondary N) is 1. The van der Waals surface area contributed by atoms with Crippen LogP contribution in [0.3, 0.4) is 0 Å². The molecule has 116 valence electrons. The van der Waals surface area contributed by atoms with Crippen LogP contribution in [0.5, 0.6) is 0 Å². The number of hydrogen-bond donors (Lipinski definition) is 1. The molecule has 0 fully saturated rings. The van der Waals surface area contributed by atoms with E-state index in [1.807, 2.05) is 18.2 Å². The number of nitrogens with zero attached hydrogens (tertiary/aromatic N) is 2. The lowest BCUT2D eigenvalue weighted by molar-refractivity contribution is 0.412. The average Bonchev–Trinajstić information content (AvgIpc) is 3.22. The number of pyridine rings is 1. The number of benzene rings is 1. The molecule has 0 saturated heterocycles. The second-order valence-corrected chi connectivity index (χ2v) is 5.96. The summed E-state index contributed by atoms with van der Waals surface area (Å²) in [6.07, 6.45) is 5.98. The first-order valence-electron chi connectivity index (χ1n) is 8.07. The van der Waals surface area contributed by atoms with E-state index < -0.39 is 0 Å². The first-order chi connectivity index (χ1) is 11.4. The van der Waals surface area contributed by atoms with Crippen LogP contribution < -0.4 is 5.32 Å². The molecular weight excluding hydrogens is 286 g/mol. The highest BCUT2D eigenvalue weighted by Crippen LogP contribution is 2.22. The molecule has 0 radical (unpaired) electrons. The number of rotatable bonds is 5. The minimum Gasteiger partial charge on any atom is -0.366 e. The number of fused-ring (bicyclic) bond motifs is 1. The first-order valence-corrected chi connectivity index (χ1v) is 8.07. The number of aromatic nitrogens is 2. The molecule has 1 aliphatic rings. The molecule has 0 amide bonds. The van der Waals surface area contributed by atoms with E-state index in [2.05, 4.69) is 34.7 Å². The minimum atomic E-state index is 0.678. The van der Waals surface area contributed by atoms with E-state index in [9.17, 15) is 0 Å². The minimum absolute atomic E-state index is 0.678. The molecule has 0 atom stereocenters. The lowest BCUT2D eigenvalue weighted by atomic mass is 10.1. The van der Waals surface area contributed by atoms with Crippen LogP contribution in [0.1, 0.15) is 34.5 Å². The van der Waals surface area contributed by atoms with E-state index in [1.54, 1.807) is 6.26 Å². The Balaban J connectivity index is 1.45. The third-order valence-corrected chi connectivity index (χ3v) is 4.33. The Labute approximate surface area is 135 Å². The summed E-state index contributed by atoms with van der Waals surface area (Å²) < 4.78 is 5.17.